The van der Waals surface area contributed by atoms with Gasteiger partial charge in [-0.15, -0.1) is 0 Å². The van der Waals surface area contributed by atoms with Gasteiger partial charge in [0.2, 0.25) is 0 Å². The molecule has 0 heterocycles. The molecule has 0 radical (unpaired) electrons. The van der Waals surface area contributed by atoms with E-state index in [4.69, 9.17) is 11.5 Å². The smallest absolute Gasteiger partial charge is 0.0950 e. The minimum atomic E-state index is -0.998. The van der Waals surface area contributed by atoms with Crippen LogP contribution in [0.25, 0.3) is 0 Å². The maximum Gasteiger partial charge on any atom is 0.0950 e. The zero-order valence-electron chi connectivity index (χ0n) is 7.89. The first kappa shape index (κ1) is 10.9. The van der Waals surface area contributed by atoms with Crippen molar-refractivity contribution in [2.45, 2.75) is 45.4 Å². The Morgan fingerprint density at radius 3 is 1.82 bits per heavy atom. The van der Waals surface area contributed by atoms with Gasteiger partial charge in [0.1, 0.15) is 0 Å². The van der Waals surface area contributed by atoms with Crippen LogP contribution in [0.3, 0.4) is 0 Å². The maximum absolute atomic E-state index is 9.87. The van der Waals surface area contributed by atoms with Crippen molar-refractivity contribution in [3.05, 3.63) is 0 Å². The van der Waals surface area contributed by atoms with E-state index in [1.165, 1.54) is 0 Å². The van der Waals surface area contributed by atoms with Crippen LogP contribution in [0.15, 0.2) is 0 Å². The second-order valence-corrected chi connectivity index (χ2v) is 3.70. The Morgan fingerprint density at radius 1 is 1.36 bits per heavy atom. The molecule has 0 aromatic rings. The third kappa shape index (κ3) is 1.92. The quantitative estimate of drug-likeness (QED) is 0.524. The van der Waals surface area contributed by atoms with E-state index >= 15 is 0 Å². The van der Waals surface area contributed by atoms with Crippen molar-refractivity contribution in [3.63, 3.8) is 0 Å². The van der Waals surface area contributed by atoms with Crippen LogP contribution < -0.4 is 11.5 Å². The predicted octanol–water partition coefficient (Wildman–Crippen LogP) is 0.417. The first-order valence-corrected chi connectivity index (χ1v) is 4.05. The Kier molecular flexibility index (Phi) is 3.06. The number of nitrogens with two attached hydrogens (primary N) is 2. The third-order valence-electron chi connectivity index (χ3n) is 2.65. The summed E-state index contributed by atoms with van der Waals surface area (Å²) in [4.78, 5) is 0. The highest BCUT2D eigenvalue weighted by Crippen LogP contribution is 2.25. The Morgan fingerprint density at radius 2 is 1.73 bits per heavy atom. The largest absolute Gasteiger partial charge is 0.387 e. The van der Waals surface area contributed by atoms with E-state index in [2.05, 4.69) is 0 Å². The van der Waals surface area contributed by atoms with Crippen molar-refractivity contribution in [3.8, 4) is 0 Å². The van der Waals surface area contributed by atoms with Gasteiger partial charge in [0.05, 0.1) is 11.3 Å². The molecule has 0 spiro atoms. The Hall–Kier alpha value is -0.120. The summed E-state index contributed by atoms with van der Waals surface area (Å²) in [6.45, 7) is 7.37. The van der Waals surface area contributed by atoms with Crippen LogP contribution >= 0.6 is 0 Å². The lowest BCUT2D eigenvalue weighted by molar-refractivity contribution is -0.0575. The lowest BCUT2D eigenvalue weighted by atomic mass is 9.79. The molecule has 0 aliphatic carbocycles. The van der Waals surface area contributed by atoms with Gasteiger partial charge in [0.25, 0.3) is 0 Å². The first-order valence-electron chi connectivity index (χ1n) is 4.05. The van der Waals surface area contributed by atoms with E-state index in [1.54, 1.807) is 6.92 Å². The molecule has 11 heavy (non-hydrogen) atoms. The molecule has 1 atom stereocenters. The van der Waals surface area contributed by atoms with Crippen molar-refractivity contribution in [2.75, 3.05) is 0 Å². The molecule has 3 heteroatoms. The molecule has 3 nitrogen and oxygen atoms in total. The molecule has 0 fully saturated rings. The average Bonchev–Trinajstić information content (AvgIpc) is 1.87. The molecule has 0 aromatic heterocycles. The van der Waals surface area contributed by atoms with Crippen LogP contribution in [-0.4, -0.2) is 16.4 Å². The van der Waals surface area contributed by atoms with E-state index in [9.17, 15) is 5.11 Å². The molecule has 0 aliphatic rings. The summed E-state index contributed by atoms with van der Waals surface area (Å²) in [7, 11) is 0. The molecule has 0 saturated carbocycles. The topological polar surface area (TPSA) is 72.3 Å². The van der Waals surface area contributed by atoms with E-state index in [0.717, 1.165) is 0 Å². The lowest BCUT2D eigenvalue weighted by Crippen LogP contribution is -2.67. The van der Waals surface area contributed by atoms with Crippen molar-refractivity contribution in [1.82, 2.24) is 0 Å². The van der Waals surface area contributed by atoms with Crippen LogP contribution in [0, 0.1) is 5.92 Å². The van der Waals surface area contributed by atoms with Gasteiger partial charge in [-0.25, -0.2) is 0 Å². The van der Waals surface area contributed by atoms with Crippen molar-refractivity contribution < 1.29 is 5.11 Å². The highest BCUT2D eigenvalue weighted by atomic mass is 16.3. The summed E-state index contributed by atoms with van der Waals surface area (Å²) in [5.74, 6) is 0.0671. The first-order chi connectivity index (χ1) is 4.75. The standard InChI is InChI=1S/C8H20N2O/c1-5-8(9,10)7(4,11)6(2)3/h6,11H,5,9-10H2,1-4H3. The molecule has 5 N–H and O–H groups in total. The number of hydrogen-bond acceptors (Lipinski definition) is 3. The predicted molar refractivity (Wildman–Crippen MR) is 46.9 cm³/mol. The average molecular weight is 160 g/mol. The summed E-state index contributed by atoms with van der Waals surface area (Å²) in [5, 5.41) is 9.87. The molecular weight excluding hydrogens is 140 g/mol. The second-order valence-electron chi connectivity index (χ2n) is 3.70. The van der Waals surface area contributed by atoms with Crippen molar-refractivity contribution >= 4 is 0 Å². The number of hydrogen-bond donors (Lipinski definition) is 3. The van der Waals surface area contributed by atoms with Gasteiger partial charge in [-0.3, -0.25) is 0 Å². The molecule has 1 unspecified atom stereocenters. The van der Waals surface area contributed by atoms with E-state index in [-0.39, 0.29) is 5.92 Å². The van der Waals surface area contributed by atoms with Gasteiger partial charge in [0, 0.05) is 0 Å². The van der Waals surface area contributed by atoms with Crippen molar-refractivity contribution in [1.29, 1.82) is 0 Å². The van der Waals surface area contributed by atoms with Crippen LogP contribution in [0.5, 0.6) is 0 Å². The van der Waals surface area contributed by atoms with E-state index in [0.29, 0.717) is 6.42 Å². The molecule has 0 aromatic carbocycles. The van der Waals surface area contributed by atoms with Gasteiger partial charge in [-0.1, -0.05) is 20.8 Å². The Bertz CT molecular complexity index is 130. The van der Waals surface area contributed by atoms with E-state index in [1.807, 2.05) is 20.8 Å². The van der Waals surface area contributed by atoms with Crippen molar-refractivity contribution in [2.24, 2.45) is 17.4 Å². The Balaban J connectivity index is 4.53. The summed E-state index contributed by atoms with van der Waals surface area (Å²) in [6, 6.07) is 0. The molecule has 0 amide bonds. The minimum Gasteiger partial charge on any atom is -0.387 e. The van der Waals surface area contributed by atoms with Gasteiger partial charge in [0.15, 0.2) is 0 Å². The fourth-order valence-electron chi connectivity index (χ4n) is 0.895. The van der Waals surface area contributed by atoms with Crippen LogP contribution in [0.4, 0.5) is 0 Å². The van der Waals surface area contributed by atoms with Crippen LogP contribution in [-0.2, 0) is 0 Å². The number of aliphatic hydroxyl groups is 1. The zero-order valence-corrected chi connectivity index (χ0v) is 7.89. The van der Waals surface area contributed by atoms with E-state index < -0.39 is 11.3 Å². The lowest BCUT2D eigenvalue weighted by Gasteiger charge is -2.41. The maximum atomic E-state index is 9.87. The number of rotatable bonds is 3. The van der Waals surface area contributed by atoms with Gasteiger partial charge >= 0.3 is 0 Å². The molecule has 0 rings (SSSR count). The van der Waals surface area contributed by atoms with Crippen LogP contribution in [0.1, 0.15) is 34.1 Å². The minimum absolute atomic E-state index is 0.0671. The molecule has 0 saturated heterocycles. The zero-order chi connectivity index (χ0) is 9.28. The fraction of sp³-hybridized carbons (Fsp3) is 1.00. The molecular formula is C8H20N2O. The van der Waals surface area contributed by atoms with Gasteiger partial charge < -0.3 is 16.6 Å². The molecule has 68 valence electrons. The highest BCUT2D eigenvalue weighted by molar-refractivity contribution is 4.97. The van der Waals surface area contributed by atoms with Gasteiger partial charge in [-0.05, 0) is 19.3 Å². The molecule has 0 bridgehead atoms. The summed E-state index contributed by atoms with van der Waals surface area (Å²) in [5.41, 5.74) is 9.46. The van der Waals surface area contributed by atoms with Crippen LogP contribution in [0.2, 0.25) is 0 Å². The SMILES string of the molecule is CCC(N)(N)C(C)(O)C(C)C. The summed E-state index contributed by atoms with van der Waals surface area (Å²) in [6.07, 6.45) is 0.568. The Labute approximate surface area is 68.8 Å². The summed E-state index contributed by atoms with van der Waals surface area (Å²) >= 11 is 0. The highest BCUT2D eigenvalue weighted by Gasteiger charge is 2.41. The second kappa shape index (κ2) is 3.09. The summed E-state index contributed by atoms with van der Waals surface area (Å²) < 4.78 is 0. The fourth-order valence-corrected chi connectivity index (χ4v) is 0.895. The molecule has 0 aliphatic heterocycles. The normalized spacial score (nSPS) is 18.5. The monoisotopic (exact) mass is 160 g/mol. The third-order valence-corrected chi connectivity index (χ3v) is 2.65. The van der Waals surface area contributed by atoms with Gasteiger partial charge in [-0.2, -0.15) is 0 Å².